The molecule has 0 heterocycles. The van der Waals surface area contributed by atoms with E-state index in [2.05, 4.69) is 4.33 Å². The summed E-state index contributed by atoms with van der Waals surface area (Å²) in [7, 11) is 0. The van der Waals surface area contributed by atoms with Crippen LogP contribution in [0.1, 0.15) is 0 Å². The molecular weight excluding hydrogens is 136 g/mol. The molecule has 1 rings (SSSR count). The van der Waals surface area contributed by atoms with Crippen molar-refractivity contribution in [3.05, 3.63) is 30.3 Å². The van der Waals surface area contributed by atoms with Gasteiger partial charge >= 0.3 is 0 Å². The first kappa shape index (κ1) is 6.61. The molecule has 0 spiro atoms. The predicted molar refractivity (Wildman–Crippen MR) is 36.0 cm³/mol. The third-order valence-electron chi connectivity index (χ3n) is 0.877. The summed E-state index contributed by atoms with van der Waals surface area (Å²) in [5.41, 5.74) is 0. The molecule has 0 aliphatic carbocycles. The van der Waals surface area contributed by atoms with Crippen molar-refractivity contribution in [3.63, 3.8) is 0 Å². The van der Waals surface area contributed by atoms with E-state index in [1.54, 1.807) is 0 Å². The lowest BCUT2D eigenvalue weighted by Crippen LogP contribution is -1.69. The summed E-state index contributed by atoms with van der Waals surface area (Å²) in [6.45, 7) is 0. The lowest BCUT2D eigenvalue weighted by molar-refractivity contribution is -0.116. The van der Waals surface area contributed by atoms with Crippen LogP contribution >= 0.6 is 12.0 Å². The Balaban J connectivity index is 2.61. The average molecular weight is 142 g/mol. The zero-order chi connectivity index (χ0) is 6.53. The fraction of sp³-hybridized carbons (Fsp3) is 0. The minimum atomic E-state index is 0.889. The SMILES string of the molecule is OOSc1ccccc1. The van der Waals surface area contributed by atoms with Crippen LogP contribution in [0.4, 0.5) is 0 Å². The average Bonchev–Trinajstić information content (AvgIpc) is 1.91. The van der Waals surface area contributed by atoms with E-state index in [4.69, 9.17) is 5.26 Å². The summed E-state index contributed by atoms with van der Waals surface area (Å²) < 4.78 is 3.84. The van der Waals surface area contributed by atoms with Gasteiger partial charge < -0.3 is 0 Å². The van der Waals surface area contributed by atoms with Gasteiger partial charge in [-0.25, -0.2) is 5.26 Å². The van der Waals surface area contributed by atoms with Gasteiger partial charge in [-0.05, 0) is 12.1 Å². The van der Waals surface area contributed by atoms with Crippen molar-refractivity contribution < 1.29 is 9.59 Å². The van der Waals surface area contributed by atoms with Crippen LogP contribution in [0.2, 0.25) is 0 Å². The normalized spacial score (nSPS) is 9.44. The Hall–Kier alpha value is -0.510. The van der Waals surface area contributed by atoms with Gasteiger partial charge in [-0.3, -0.25) is 0 Å². The Morgan fingerprint density at radius 3 is 2.44 bits per heavy atom. The second-order valence-corrected chi connectivity index (χ2v) is 2.26. The lowest BCUT2D eigenvalue weighted by Gasteiger charge is -1.91. The van der Waals surface area contributed by atoms with Crippen molar-refractivity contribution >= 4 is 12.0 Å². The Labute approximate surface area is 57.6 Å². The maximum atomic E-state index is 7.98. The lowest BCUT2D eigenvalue weighted by atomic mass is 10.4. The van der Waals surface area contributed by atoms with Gasteiger partial charge in [0.25, 0.3) is 0 Å². The molecule has 0 unspecified atom stereocenters. The minimum absolute atomic E-state index is 0.889. The molecule has 48 valence electrons. The summed E-state index contributed by atoms with van der Waals surface area (Å²) in [4.78, 5) is 0.889. The Morgan fingerprint density at radius 2 is 1.89 bits per heavy atom. The van der Waals surface area contributed by atoms with Crippen LogP contribution in [0.15, 0.2) is 35.2 Å². The van der Waals surface area contributed by atoms with E-state index in [9.17, 15) is 0 Å². The fourth-order valence-electron chi connectivity index (χ4n) is 0.519. The Bertz CT molecular complexity index is 164. The molecule has 0 radical (unpaired) electrons. The van der Waals surface area contributed by atoms with Crippen LogP contribution in [0.3, 0.4) is 0 Å². The summed E-state index contributed by atoms with van der Waals surface area (Å²) in [6, 6.07) is 9.35. The third kappa shape index (κ3) is 2.05. The maximum Gasteiger partial charge on any atom is 0.0679 e. The quantitative estimate of drug-likeness (QED) is 0.390. The van der Waals surface area contributed by atoms with Gasteiger partial charge in [0.05, 0.1) is 12.0 Å². The fourth-order valence-corrected chi connectivity index (χ4v) is 0.873. The second-order valence-electron chi connectivity index (χ2n) is 1.47. The van der Waals surface area contributed by atoms with Gasteiger partial charge in [-0.1, -0.05) is 18.2 Å². The molecule has 0 saturated carbocycles. The van der Waals surface area contributed by atoms with Gasteiger partial charge in [0.1, 0.15) is 0 Å². The van der Waals surface area contributed by atoms with Crippen LogP contribution in [0.5, 0.6) is 0 Å². The Morgan fingerprint density at radius 1 is 1.22 bits per heavy atom. The first-order chi connectivity index (χ1) is 4.43. The Kier molecular flexibility index (Phi) is 2.57. The summed E-state index contributed by atoms with van der Waals surface area (Å²) in [6.07, 6.45) is 0. The molecule has 1 aromatic rings. The molecule has 0 saturated heterocycles. The smallest absolute Gasteiger partial charge is 0.0679 e. The van der Waals surface area contributed by atoms with Gasteiger partial charge in [0.15, 0.2) is 0 Å². The van der Waals surface area contributed by atoms with Crippen molar-refractivity contribution in [3.8, 4) is 0 Å². The molecule has 0 aromatic heterocycles. The molecule has 1 N–H and O–H groups in total. The highest BCUT2D eigenvalue weighted by Crippen LogP contribution is 2.15. The minimum Gasteiger partial charge on any atom is -0.239 e. The molecule has 2 nitrogen and oxygen atoms in total. The highest BCUT2D eigenvalue weighted by molar-refractivity contribution is 7.94. The topological polar surface area (TPSA) is 29.5 Å². The van der Waals surface area contributed by atoms with Crippen LogP contribution in [-0.2, 0) is 4.33 Å². The summed E-state index contributed by atoms with van der Waals surface area (Å²) >= 11 is 0.931. The highest BCUT2D eigenvalue weighted by atomic mass is 32.2. The molecule has 0 aliphatic rings. The largest absolute Gasteiger partial charge is 0.239 e. The second kappa shape index (κ2) is 3.50. The predicted octanol–water partition coefficient (Wildman–Crippen LogP) is 2.18. The molecule has 0 aliphatic heterocycles. The molecule has 9 heavy (non-hydrogen) atoms. The zero-order valence-corrected chi connectivity index (χ0v) is 5.47. The molecular formula is C6H6O2S. The molecule has 3 heteroatoms. The summed E-state index contributed by atoms with van der Waals surface area (Å²) in [5, 5.41) is 7.98. The number of rotatable bonds is 2. The highest BCUT2D eigenvalue weighted by Gasteiger charge is 1.87. The third-order valence-corrected chi connectivity index (χ3v) is 1.42. The van der Waals surface area contributed by atoms with Gasteiger partial charge in [0, 0.05) is 4.90 Å². The van der Waals surface area contributed by atoms with Crippen LogP contribution in [0.25, 0.3) is 0 Å². The zero-order valence-electron chi connectivity index (χ0n) is 4.65. The van der Waals surface area contributed by atoms with E-state index in [1.807, 2.05) is 30.3 Å². The van der Waals surface area contributed by atoms with Crippen molar-refractivity contribution in [1.29, 1.82) is 0 Å². The van der Waals surface area contributed by atoms with Crippen LogP contribution < -0.4 is 0 Å². The number of hydrogen-bond acceptors (Lipinski definition) is 3. The standard InChI is InChI=1S/C6H6O2S/c7-8-9-6-4-2-1-3-5-6/h1-5,7H. The molecule has 0 bridgehead atoms. The molecule has 1 aromatic carbocycles. The van der Waals surface area contributed by atoms with E-state index < -0.39 is 0 Å². The van der Waals surface area contributed by atoms with Gasteiger partial charge in [-0.15, -0.1) is 0 Å². The van der Waals surface area contributed by atoms with Gasteiger partial charge in [0.2, 0.25) is 0 Å². The monoisotopic (exact) mass is 142 g/mol. The van der Waals surface area contributed by atoms with Crippen molar-refractivity contribution in [1.82, 2.24) is 0 Å². The van der Waals surface area contributed by atoms with E-state index in [0.717, 1.165) is 16.9 Å². The van der Waals surface area contributed by atoms with E-state index >= 15 is 0 Å². The number of hydrogen-bond donors (Lipinski definition) is 1. The van der Waals surface area contributed by atoms with E-state index in [1.165, 1.54) is 0 Å². The molecule has 0 fully saturated rings. The van der Waals surface area contributed by atoms with Crippen molar-refractivity contribution in [2.75, 3.05) is 0 Å². The van der Waals surface area contributed by atoms with Crippen molar-refractivity contribution in [2.45, 2.75) is 4.90 Å². The van der Waals surface area contributed by atoms with Crippen LogP contribution in [0, 0.1) is 0 Å². The van der Waals surface area contributed by atoms with Crippen LogP contribution in [-0.4, -0.2) is 5.26 Å². The van der Waals surface area contributed by atoms with Gasteiger partial charge in [-0.2, -0.15) is 4.33 Å². The molecule has 0 amide bonds. The van der Waals surface area contributed by atoms with Crippen molar-refractivity contribution in [2.24, 2.45) is 0 Å². The van der Waals surface area contributed by atoms with E-state index in [-0.39, 0.29) is 0 Å². The summed E-state index contributed by atoms with van der Waals surface area (Å²) in [5.74, 6) is 0. The number of benzene rings is 1. The van der Waals surface area contributed by atoms with E-state index in [0.29, 0.717) is 0 Å². The first-order valence-electron chi connectivity index (χ1n) is 2.46. The first-order valence-corrected chi connectivity index (χ1v) is 3.21. The molecule has 0 atom stereocenters. The maximum absolute atomic E-state index is 7.98.